The minimum Gasteiger partial charge on any atom is -0.444 e. The molecule has 0 saturated carbocycles. The van der Waals surface area contributed by atoms with Gasteiger partial charge in [0.15, 0.2) is 5.58 Å². The SMILES string of the molecule is Cc1c(Cl)cc(-c2ccccn2)c2oc(N3CCN(C(=O)OC(C)(C)C)C[C@@H]3C)nc12. The van der Waals surface area contributed by atoms with Crippen LogP contribution in [0.2, 0.25) is 5.02 Å². The van der Waals surface area contributed by atoms with Crippen LogP contribution in [0.15, 0.2) is 34.9 Å². The summed E-state index contributed by atoms with van der Waals surface area (Å²) in [5, 5.41) is 0.621. The number of hydrogen-bond donors (Lipinski definition) is 0. The van der Waals surface area contributed by atoms with E-state index in [1.807, 2.05) is 58.9 Å². The van der Waals surface area contributed by atoms with Crippen LogP contribution >= 0.6 is 11.6 Å². The molecule has 0 unspecified atom stereocenters. The molecule has 1 aromatic carbocycles. The van der Waals surface area contributed by atoms with Gasteiger partial charge in [0.05, 0.1) is 5.69 Å². The second-order valence-corrected chi connectivity index (χ2v) is 9.30. The molecule has 0 N–H and O–H groups in total. The fourth-order valence-electron chi connectivity index (χ4n) is 3.73. The van der Waals surface area contributed by atoms with Gasteiger partial charge in [-0.2, -0.15) is 4.98 Å². The van der Waals surface area contributed by atoms with Gasteiger partial charge in [-0.05, 0) is 58.4 Å². The van der Waals surface area contributed by atoms with Gasteiger partial charge in [-0.1, -0.05) is 17.7 Å². The van der Waals surface area contributed by atoms with E-state index >= 15 is 0 Å². The summed E-state index contributed by atoms with van der Waals surface area (Å²) in [5.41, 5.74) is 3.33. The van der Waals surface area contributed by atoms with E-state index < -0.39 is 5.60 Å². The van der Waals surface area contributed by atoms with E-state index in [0.29, 0.717) is 36.3 Å². The van der Waals surface area contributed by atoms with Gasteiger partial charge in [-0.25, -0.2) is 4.79 Å². The van der Waals surface area contributed by atoms with Crippen molar-refractivity contribution in [2.24, 2.45) is 0 Å². The first-order chi connectivity index (χ1) is 14.6. The Morgan fingerprint density at radius 2 is 2.06 bits per heavy atom. The molecule has 1 atom stereocenters. The average molecular weight is 443 g/mol. The lowest BCUT2D eigenvalue weighted by Gasteiger charge is -2.39. The number of halogens is 1. The largest absolute Gasteiger partial charge is 0.444 e. The van der Waals surface area contributed by atoms with Crippen LogP contribution in [-0.2, 0) is 4.74 Å². The van der Waals surface area contributed by atoms with Crippen molar-refractivity contribution in [3.8, 4) is 11.3 Å². The molecule has 0 aliphatic carbocycles. The lowest BCUT2D eigenvalue weighted by molar-refractivity contribution is 0.0216. The van der Waals surface area contributed by atoms with E-state index in [-0.39, 0.29) is 12.1 Å². The molecule has 3 heterocycles. The van der Waals surface area contributed by atoms with Crippen molar-refractivity contribution in [1.29, 1.82) is 0 Å². The molecule has 8 heteroatoms. The number of ether oxygens (including phenoxy) is 1. The summed E-state index contributed by atoms with van der Waals surface area (Å²) in [4.78, 5) is 25.5. The number of fused-ring (bicyclic) bond motifs is 1. The Kier molecular flexibility index (Phi) is 5.56. The van der Waals surface area contributed by atoms with Crippen molar-refractivity contribution >= 4 is 34.8 Å². The second-order valence-electron chi connectivity index (χ2n) is 8.89. The monoisotopic (exact) mass is 442 g/mol. The molecule has 164 valence electrons. The van der Waals surface area contributed by atoms with Crippen LogP contribution in [0, 0.1) is 6.92 Å². The predicted molar refractivity (Wildman–Crippen MR) is 122 cm³/mol. The maximum Gasteiger partial charge on any atom is 0.410 e. The molecular weight excluding hydrogens is 416 g/mol. The van der Waals surface area contributed by atoms with Crippen molar-refractivity contribution in [2.75, 3.05) is 24.5 Å². The van der Waals surface area contributed by atoms with Crippen LogP contribution in [0.4, 0.5) is 10.8 Å². The third kappa shape index (κ3) is 4.32. The van der Waals surface area contributed by atoms with Gasteiger partial charge in [0.25, 0.3) is 6.01 Å². The van der Waals surface area contributed by atoms with Gasteiger partial charge in [0.2, 0.25) is 0 Å². The van der Waals surface area contributed by atoms with Crippen molar-refractivity contribution in [1.82, 2.24) is 14.9 Å². The standard InChI is InChI=1S/C23H27ClN4O3/c1-14-13-27(22(29)31-23(3,4)5)10-11-28(14)21-26-19-15(2)17(24)12-16(20(19)30-21)18-8-6-7-9-25-18/h6-9,12,14H,10-11,13H2,1-5H3/t14-/m0/s1. The number of pyridine rings is 1. The maximum absolute atomic E-state index is 12.5. The molecule has 31 heavy (non-hydrogen) atoms. The van der Waals surface area contributed by atoms with E-state index in [2.05, 4.69) is 9.88 Å². The Morgan fingerprint density at radius 1 is 1.29 bits per heavy atom. The van der Waals surface area contributed by atoms with Crippen LogP contribution in [0.3, 0.4) is 0 Å². The van der Waals surface area contributed by atoms with E-state index in [1.54, 1.807) is 11.1 Å². The Balaban J connectivity index is 1.64. The fraction of sp³-hybridized carbons (Fsp3) is 0.435. The molecule has 0 spiro atoms. The Bertz CT molecular complexity index is 1110. The first-order valence-electron chi connectivity index (χ1n) is 10.4. The highest BCUT2D eigenvalue weighted by Gasteiger charge is 2.32. The van der Waals surface area contributed by atoms with E-state index in [1.165, 1.54) is 0 Å². The highest BCUT2D eigenvalue weighted by molar-refractivity contribution is 6.32. The smallest absolute Gasteiger partial charge is 0.410 e. The van der Waals surface area contributed by atoms with E-state index in [0.717, 1.165) is 22.3 Å². The molecule has 1 aliphatic rings. The zero-order chi connectivity index (χ0) is 22.3. The van der Waals surface area contributed by atoms with Crippen molar-refractivity contribution in [3.05, 3.63) is 41.0 Å². The summed E-state index contributed by atoms with van der Waals surface area (Å²) >= 11 is 6.49. The number of hydrogen-bond acceptors (Lipinski definition) is 6. The minimum atomic E-state index is -0.517. The molecule has 7 nitrogen and oxygen atoms in total. The lowest BCUT2D eigenvalue weighted by Crippen LogP contribution is -2.54. The van der Waals surface area contributed by atoms with Crippen LogP contribution in [0.5, 0.6) is 0 Å². The van der Waals surface area contributed by atoms with Crippen molar-refractivity contribution in [3.63, 3.8) is 0 Å². The quantitative estimate of drug-likeness (QED) is 0.536. The zero-order valence-corrected chi connectivity index (χ0v) is 19.2. The summed E-state index contributed by atoms with van der Waals surface area (Å²) in [6, 6.07) is 8.13. The Hall–Kier alpha value is -2.80. The van der Waals surface area contributed by atoms with Gasteiger partial charge in [-0.3, -0.25) is 4.98 Å². The summed E-state index contributed by atoms with van der Waals surface area (Å²) in [6.45, 7) is 11.2. The van der Waals surface area contributed by atoms with Crippen LogP contribution in [-0.4, -0.2) is 52.2 Å². The Labute approximate surface area is 187 Å². The normalized spacial score (nSPS) is 17.3. The fourth-order valence-corrected chi connectivity index (χ4v) is 3.93. The number of benzene rings is 1. The van der Waals surface area contributed by atoms with Crippen molar-refractivity contribution in [2.45, 2.75) is 46.3 Å². The number of aryl methyl sites for hydroxylation is 1. The van der Waals surface area contributed by atoms with Crippen LogP contribution < -0.4 is 4.90 Å². The summed E-state index contributed by atoms with van der Waals surface area (Å²) in [6.07, 6.45) is 1.45. The third-order valence-electron chi connectivity index (χ3n) is 5.31. The molecule has 1 fully saturated rings. The first kappa shape index (κ1) is 21.4. The average Bonchev–Trinajstić information content (AvgIpc) is 3.15. The number of rotatable bonds is 2. The lowest BCUT2D eigenvalue weighted by atomic mass is 10.1. The number of aromatic nitrogens is 2. The first-order valence-corrected chi connectivity index (χ1v) is 10.8. The number of carbonyl (C=O) groups is 1. The molecular formula is C23H27ClN4O3. The maximum atomic E-state index is 12.5. The summed E-state index contributed by atoms with van der Waals surface area (Å²) < 4.78 is 11.8. The molecule has 0 radical (unpaired) electrons. The molecule has 1 saturated heterocycles. The summed E-state index contributed by atoms with van der Waals surface area (Å²) in [7, 11) is 0. The zero-order valence-electron chi connectivity index (χ0n) is 18.5. The number of piperazine rings is 1. The highest BCUT2D eigenvalue weighted by atomic mass is 35.5. The van der Waals surface area contributed by atoms with Gasteiger partial charge in [0, 0.05) is 42.5 Å². The molecule has 1 amide bonds. The van der Waals surface area contributed by atoms with Gasteiger partial charge in [-0.15, -0.1) is 0 Å². The van der Waals surface area contributed by atoms with Gasteiger partial charge < -0.3 is 19.0 Å². The van der Waals surface area contributed by atoms with Gasteiger partial charge in [0.1, 0.15) is 11.1 Å². The van der Waals surface area contributed by atoms with Crippen LogP contribution in [0.25, 0.3) is 22.4 Å². The number of carbonyl (C=O) groups excluding carboxylic acids is 1. The number of amides is 1. The van der Waals surface area contributed by atoms with Gasteiger partial charge >= 0.3 is 6.09 Å². The molecule has 2 aromatic heterocycles. The molecule has 3 aromatic rings. The number of anilines is 1. The summed E-state index contributed by atoms with van der Waals surface area (Å²) in [5.74, 6) is 0. The second kappa shape index (κ2) is 8.04. The van der Waals surface area contributed by atoms with E-state index in [4.69, 9.17) is 25.7 Å². The van der Waals surface area contributed by atoms with Crippen molar-refractivity contribution < 1.29 is 13.9 Å². The Morgan fingerprint density at radius 3 is 2.71 bits per heavy atom. The van der Waals surface area contributed by atoms with Crippen LogP contribution in [0.1, 0.15) is 33.3 Å². The topological polar surface area (TPSA) is 71.7 Å². The minimum absolute atomic E-state index is 0.0170. The third-order valence-corrected chi connectivity index (χ3v) is 5.70. The number of oxazole rings is 1. The van der Waals surface area contributed by atoms with E-state index in [9.17, 15) is 4.79 Å². The molecule has 0 bridgehead atoms. The highest BCUT2D eigenvalue weighted by Crippen LogP contribution is 2.37. The molecule has 1 aliphatic heterocycles. The number of nitrogens with zero attached hydrogens (tertiary/aromatic N) is 4. The predicted octanol–water partition coefficient (Wildman–Crippen LogP) is 5.30. The molecule has 4 rings (SSSR count).